The average Bonchev–Trinajstić information content (AvgIpc) is 3.37. The number of hydrogen-bond acceptors (Lipinski definition) is 4. The van der Waals surface area contributed by atoms with Gasteiger partial charge in [-0.15, -0.1) is 0 Å². The third-order valence-electron chi connectivity index (χ3n) is 13.0. The van der Waals surface area contributed by atoms with E-state index in [1.807, 2.05) is 0 Å². The molecule has 6 unspecified atom stereocenters. The lowest BCUT2D eigenvalue weighted by molar-refractivity contribution is -0.197. The quantitative estimate of drug-likeness (QED) is 0.299. The maximum Gasteiger partial charge on any atom is 0.302 e. The number of rotatable bonds is 7. The Morgan fingerprint density at radius 2 is 1.45 bits per heavy atom. The lowest BCUT2D eigenvalue weighted by Gasteiger charge is -2.62. The first-order valence-electron chi connectivity index (χ1n) is 17.3. The number of ether oxygens (including phenoxy) is 2. The van der Waals surface area contributed by atoms with Gasteiger partial charge in [-0.3, -0.25) is 9.59 Å². The maximum atomic E-state index is 12.6. The largest absolute Gasteiger partial charge is 0.463 e. The van der Waals surface area contributed by atoms with Gasteiger partial charge < -0.3 is 9.47 Å². The zero-order valence-electron chi connectivity index (χ0n) is 27.5. The van der Waals surface area contributed by atoms with Crippen molar-refractivity contribution in [3.63, 3.8) is 0 Å². The van der Waals surface area contributed by atoms with Crippen molar-refractivity contribution in [2.75, 3.05) is 0 Å². The van der Waals surface area contributed by atoms with Crippen molar-refractivity contribution in [1.29, 1.82) is 0 Å². The highest BCUT2D eigenvalue weighted by Gasteiger charge is 2.65. The third-order valence-corrected chi connectivity index (χ3v) is 13.0. The number of benzene rings is 2. The van der Waals surface area contributed by atoms with Crippen LogP contribution < -0.4 is 0 Å². The van der Waals surface area contributed by atoms with E-state index in [9.17, 15) is 9.59 Å². The molecule has 10 atom stereocenters. The Morgan fingerprint density at radius 3 is 2.07 bits per heavy atom. The molecule has 4 aliphatic rings. The first-order valence-corrected chi connectivity index (χ1v) is 17.3. The predicted molar refractivity (Wildman–Crippen MR) is 175 cm³/mol. The highest BCUT2D eigenvalue weighted by molar-refractivity contribution is 5.79. The van der Waals surface area contributed by atoms with Gasteiger partial charge in [-0.1, -0.05) is 87.5 Å². The summed E-state index contributed by atoms with van der Waals surface area (Å²) in [6.45, 7) is 10.6. The summed E-state index contributed by atoms with van der Waals surface area (Å²) in [6.07, 6.45) is 12.4. The Kier molecular flexibility index (Phi) is 8.83. The lowest BCUT2D eigenvalue weighted by Crippen LogP contribution is -2.59. The molecule has 0 bridgehead atoms. The Labute approximate surface area is 265 Å². The number of esters is 2. The first-order chi connectivity index (χ1) is 21.1. The second-order valence-electron chi connectivity index (χ2n) is 15.1. The molecule has 4 saturated carbocycles. The van der Waals surface area contributed by atoms with Crippen LogP contribution in [-0.4, -0.2) is 24.1 Å². The molecule has 236 valence electrons. The van der Waals surface area contributed by atoms with Crippen molar-refractivity contribution >= 4 is 17.5 Å². The minimum absolute atomic E-state index is 0.0160. The molecule has 4 aliphatic carbocycles. The van der Waals surface area contributed by atoms with E-state index in [0.29, 0.717) is 35.5 Å². The summed E-state index contributed by atoms with van der Waals surface area (Å²) in [6, 6.07) is 21.5. The molecule has 0 saturated heterocycles. The Hall–Kier alpha value is -2.88. The lowest BCUT2D eigenvalue weighted by atomic mass is 9.43. The fourth-order valence-electron chi connectivity index (χ4n) is 10.9. The van der Waals surface area contributed by atoms with E-state index in [-0.39, 0.29) is 35.0 Å². The van der Waals surface area contributed by atoms with E-state index in [1.165, 1.54) is 49.3 Å². The van der Waals surface area contributed by atoms with E-state index >= 15 is 0 Å². The molecular weight excluding hydrogens is 544 g/mol. The van der Waals surface area contributed by atoms with Crippen molar-refractivity contribution in [1.82, 2.24) is 0 Å². The van der Waals surface area contributed by atoms with Crippen LogP contribution in [0.5, 0.6) is 0 Å². The molecule has 0 aliphatic heterocycles. The van der Waals surface area contributed by atoms with Gasteiger partial charge in [0.1, 0.15) is 12.2 Å². The van der Waals surface area contributed by atoms with Crippen LogP contribution in [0.2, 0.25) is 0 Å². The van der Waals surface area contributed by atoms with Gasteiger partial charge in [0.2, 0.25) is 0 Å². The summed E-state index contributed by atoms with van der Waals surface area (Å²) in [4.78, 5) is 24.4. The molecule has 4 fully saturated rings. The number of carbonyl (C=O) groups excluding carboxylic acids is 2. The summed E-state index contributed by atoms with van der Waals surface area (Å²) in [5, 5.41) is 0. The maximum absolute atomic E-state index is 12.6. The molecule has 0 aromatic heterocycles. The topological polar surface area (TPSA) is 52.6 Å². The van der Waals surface area contributed by atoms with Gasteiger partial charge in [0.15, 0.2) is 0 Å². The van der Waals surface area contributed by atoms with E-state index < -0.39 is 0 Å². The van der Waals surface area contributed by atoms with Crippen LogP contribution in [-0.2, 0) is 19.1 Å². The molecule has 0 spiro atoms. The fourth-order valence-corrected chi connectivity index (χ4v) is 10.9. The molecule has 0 heterocycles. The molecule has 4 nitrogen and oxygen atoms in total. The Morgan fingerprint density at radius 1 is 0.818 bits per heavy atom. The fraction of sp³-hybridized carbons (Fsp3) is 0.600. The van der Waals surface area contributed by atoms with Crippen LogP contribution in [0.15, 0.2) is 66.7 Å². The van der Waals surface area contributed by atoms with E-state index in [2.05, 4.69) is 87.5 Å². The zero-order valence-corrected chi connectivity index (χ0v) is 27.5. The highest BCUT2D eigenvalue weighted by atomic mass is 16.5. The Balaban J connectivity index is 1.26. The molecule has 0 radical (unpaired) electrons. The van der Waals surface area contributed by atoms with Gasteiger partial charge in [-0.05, 0) is 115 Å². The van der Waals surface area contributed by atoms with Gasteiger partial charge in [-0.25, -0.2) is 0 Å². The summed E-state index contributed by atoms with van der Waals surface area (Å²) in [7, 11) is 0. The van der Waals surface area contributed by atoms with Crippen LogP contribution in [0.3, 0.4) is 0 Å². The highest BCUT2D eigenvalue weighted by Crippen LogP contribution is 2.69. The average molecular weight is 597 g/mol. The summed E-state index contributed by atoms with van der Waals surface area (Å²) < 4.78 is 12.1. The smallest absolute Gasteiger partial charge is 0.302 e. The number of allylic oxidation sites excluding steroid dienone is 1. The van der Waals surface area contributed by atoms with Crippen LogP contribution in [0, 0.1) is 46.3 Å². The third kappa shape index (κ3) is 5.67. The minimum Gasteiger partial charge on any atom is -0.463 e. The van der Waals surface area contributed by atoms with Crippen LogP contribution in [0.4, 0.5) is 0 Å². The molecule has 2 aromatic carbocycles. The van der Waals surface area contributed by atoms with E-state index in [4.69, 9.17) is 9.47 Å². The first kappa shape index (κ1) is 31.1. The second-order valence-corrected chi connectivity index (χ2v) is 15.1. The molecule has 2 aromatic rings. The molecule has 6 rings (SSSR count). The standard InChI is InChI=1S/C40H52O4/c1-26(16-18-33(29-12-8-6-9-13-29)30-14-10-7-11-15-30)35-20-21-36-34-19-17-31-24-32(43-27(2)41)22-23-39(31,4)37(34)25-38(40(35,36)5)44-28(3)42/h6-15,18,26,31-32,34-38H,16-17,19-25H2,1-5H3/t26?,31-,32-,34?,35?,36?,37?,38?,39+,40-/m1/s1. The van der Waals surface area contributed by atoms with Gasteiger partial charge in [0.05, 0.1) is 0 Å². The van der Waals surface area contributed by atoms with Gasteiger partial charge in [0.25, 0.3) is 0 Å². The van der Waals surface area contributed by atoms with Gasteiger partial charge >= 0.3 is 11.9 Å². The van der Waals surface area contributed by atoms with Crippen molar-refractivity contribution in [3.8, 4) is 0 Å². The molecular formula is C40H52O4. The predicted octanol–water partition coefficient (Wildman–Crippen LogP) is 9.28. The van der Waals surface area contributed by atoms with Crippen molar-refractivity contribution in [3.05, 3.63) is 77.9 Å². The minimum atomic E-state index is -0.156. The van der Waals surface area contributed by atoms with Crippen LogP contribution in [0.1, 0.15) is 104 Å². The van der Waals surface area contributed by atoms with Gasteiger partial charge in [-0.2, -0.15) is 0 Å². The van der Waals surface area contributed by atoms with Crippen LogP contribution in [0.25, 0.3) is 5.57 Å². The number of fused-ring (bicyclic) bond motifs is 5. The molecule has 44 heavy (non-hydrogen) atoms. The summed E-state index contributed by atoms with van der Waals surface area (Å²) in [5.41, 5.74) is 4.01. The van der Waals surface area contributed by atoms with E-state index in [0.717, 1.165) is 32.1 Å². The normalized spacial score (nSPS) is 36.6. The number of hydrogen-bond donors (Lipinski definition) is 0. The molecule has 4 heteroatoms. The van der Waals surface area contributed by atoms with E-state index in [1.54, 1.807) is 6.92 Å². The SMILES string of the molecule is CC(=O)OC1CC2C(CC[C@@H]3C[C@H](OC(C)=O)CC[C@]23C)C2CCC(C(C)CC=C(c3ccccc3)c3ccccc3)[C@@]12C. The second kappa shape index (κ2) is 12.5. The van der Waals surface area contributed by atoms with Gasteiger partial charge in [0, 0.05) is 19.3 Å². The van der Waals surface area contributed by atoms with Crippen molar-refractivity contribution < 1.29 is 19.1 Å². The Bertz CT molecular complexity index is 1310. The van der Waals surface area contributed by atoms with Crippen molar-refractivity contribution in [2.45, 2.75) is 105 Å². The molecule has 0 N–H and O–H groups in total. The zero-order chi connectivity index (χ0) is 31.1. The molecule has 0 amide bonds. The number of carbonyl (C=O) groups is 2. The van der Waals surface area contributed by atoms with Crippen LogP contribution >= 0.6 is 0 Å². The monoisotopic (exact) mass is 596 g/mol. The summed E-state index contributed by atoms with van der Waals surface area (Å²) in [5.74, 6) is 3.07. The van der Waals surface area contributed by atoms with Crippen molar-refractivity contribution in [2.24, 2.45) is 46.3 Å². The summed E-state index contributed by atoms with van der Waals surface area (Å²) >= 11 is 0.